The topological polar surface area (TPSA) is 44.8 Å². The Hall–Kier alpha value is -2.82. The van der Waals surface area contributed by atoms with Crippen LogP contribution in [0.2, 0.25) is 0 Å². The van der Waals surface area contributed by atoms with E-state index in [4.69, 9.17) is 14.2 Å². The molecule has 24 heavy (non-hydrogen) atoms. The Morgan fingerprint density at radius 1 is 1.17 bits per heavy atom. The summed E-state index contributed by atoms with van der Waals surface area (Å²) in [6.45, 7) is 0.315. The zero-order valence-corrected chi connectivity index (χ0v) is 13.5. The van der Waals surface area contributed by atoms with Gasteiger partial charge >= 0.3 is 0 Å². The second-order valence-electron chi connectivity index (χ2n) is 5.32. The number of Topliss-reactive ketones (excluding diaryl/α,β-unsaturated/α-hetero) is 1. The Bertz CT molecular complexity index is 811. The highest BCUT2D eigenvalue weighted by atomic mass is 19.1. The van der Waals surface area contributed by atoms with Gasteiger partial charge in [0, 0.05) is 29.7 Å². The molecule has 0 radical (unpaired) electrons. The van der Waals surface area contributed by atoms with Crippen molar-refractivity contribution in [2.45, 2.75) is 6.42 Å². The van der Waals surface area contributed by atoms with Crippen molar-refractivity contribution in [2.24, 2.45) is 0 Å². The van der Waals surface area contributed by atoms with Gasteiger partial charge in [-0.25, -0.2) is 4.39 Å². The molecule has 2 aromatic rings. The lowest BCUT2D eigenvalue weighted by molar-refractivity contribution is 0.103. The zero-order valence-electron chi connectivity index (χ0n) is 13.5. The van der Waals surface area contributed by atoms with Crippen molar-refractivity contribution in [1.82, 2.24) is 0 Å². The quantitative estimate of drug-likeness (QED) is 0.802. The summed E-state index contributed by atoms with van der Waals surface area (Å²) in [5.41, 5.74) is 1.18. The fraction of sp³-hybridized carbons (Fsp3) is 0.211. The molecule has 0 atom stereocenters. The monoisotopic (exact) mass is 328 g/mol. The predicted molar refractivity (Wildman–Crippen MR) is 88.4 cm³/mol. The summed E-state index contributed by atoms with van der Waals surface area (Å²) >= 11 is 0. The van der Waals surface area contributed by atoms with Gasteiger partial charge in [0.2, 0.25) is 0 Å². The van der Waals surface area contributed by atoms with E-state index in [1.807, 2.05) is 0 Å². The molecule has 0 aliphatic carbocycles. The fourth-order valence-corrected chi connectivity index (χ4v) is 2.64. The third kappa shape index (κ3) is 2.97. The third-order valence-electron chi connectivity index (χ3n) is 3.88. The number of hydrogen-bond acceptors (Lipinski definition) is 4. The first kappa shape index (κ1) is 16.1. The van der Waals surface area contributed by atoms with Crippen molar-refractivity contribution >= 4 is 11.9 Å². The van der Waals surface area contributed by atoms with E-state index in [1.165, 1.54) is 20.3 Å². The van der Waals surface area contributed by atoms with Gasteiger partial charge in [-0.05, 0) is 12.1 Å². The van der Waals surface area contributed by atoms with Gasteiger partial charge in [0.15, 0.2) is 5.78 Å². The summed E-state index contributed by atoms with van der Waals surface area (Å²) in [5.74, 6) is 0.721. The lowest BCUT2D eigenvalue weighted by Gasteiger charge is -2.12. The molecule has 0 saturated carbocycles. The lowest BCUT2D eigenvalue weighted by Crippen LogP contribution is -2.05. The van der Waals surface area contributed by atoms with Crippen molar-refractivity contribution in [3.63, 3.8) is 0 Å². The molecule has 1 aliphatic rings. The van der Waals surface area contributed by atoms with Crippen LogP contribution in [-0.2, 0) is 0 Å². The highest BCUT2D eigenvalue weighted by molar-refractivity contribution is 6.15. The van der Waals surface area contributed by atoms with E-state index >= 15 is 0 Å². The van der Waals surface area contributed by atoms with Gasteiger partial charge in [0.05, 0.1) is 20.8 Å². The second kappa shape index (κ2) is 6.74. The van der Waals surface area contributed by atoms with Crippen LogP contribution in [0.25, 0.3) is 6.08 Å². The zero-order chi connectivity index (χ0) is 17.1. The van der Waals surface area contributed by atoms with Crippen LogP contribution in [-0.4, -0.2) is 26.6 Å². The minimum atomic E-state index is -0.370. The maximum Gasteiger partial charge on any atom is 0.196 e. The van der Waals surface area contributed by atoms with Gasteiger partial charge in [-0.3, -0.25) is 4.79 Å². The Labute approximate surface area is 139 Å². The molecule has 2 aromatic carbocycles. The van der Waals surface area contributed by atoms with Crippen LogP contribution in [0.1, 0.15) is 22.3 Å². The standard InChI is InChI=1S/C19H17FO4/c1-22-14-10-16(23-2)18-17(11-14)24-8-7-13(19(18)21)9-12-5-3-4-6-15(12)20/h3-6,9-11H,7-8H2,1-2H3/b13-9+. The molecule has 0 aromatic heterocycles. The molecule has 0 unspecified atom stereocenters. The van der Waals surface area contributed by atoms with E-state index in [1.54, 1.807) is 36.4 Å². The van der Waals surface area contributed by atoms with E-state index in [9.17, 15) is 9.18 Å². The van der Waals surface area contributed by atoms with Gasteiger partial charge in [-0.1, -0.05) is 18.2 Å². The van der Waals surface area contributed by atoms with E-state index in [-0.39, 0.29) is 11.6 Å². The first-order valence-electron chi connectivity index (χ1n) is 7.52. The number of carbonyl (C=O) groups is 1. The van der Waals surface area contributed by atoms with Crippen molar-refractivity contribution in [3.8, 4) is 17.2 Å². The number of benzene rings is 2. The lowest BCUT2D eigenvalue weighted by atomic mass is 9.98. The number of hydrogen-bond donors (Lipinski definition) is 0. The molecule has 1 heterocycles. The average molecular weight is 328 g/mol. The molecule has 0 spiro atoms. The van der Waals surface area contributed by atoms with Crippen molar-refractivity contribution in [2.75, 3.05) is 20.8 Å². The minimum Gasteiger partial charge on any atom is -0.496 e. The van der Waals surface area contributed by atoms with Gasteiger partial charge in [-0.2, -0.15) is 0 Å². The van der Waals surface area contributed by atoms with E-state index in [2.05, 4.69) is 0 Å². The summed E-state index contributed by atoms with van der Waals surface area (Å²) in [6, 6.07) is 9.62. The maximum absolute atomic E-state index is 13.9. The molecule has 0 amide bonds. The fourth-order valence-electron chi connectivity index (χ4n) is 2.64. The number of ether oxygens (including phenoxy) is 3. The van der Waals surface area contributed by atoms with E-state index in [0.29, 0.717) is 47.0 Å². The van der Waals surface area contributed by atoms with Crippen LogP contribution in [0.4, 0.5) is 4.39 Å². The van der Waals surface area contributed by atoms with Crippen LogP contribution >= 0.6 is 0 Å². The number of halogens is 1. The smallest absolute Gasteiger partial charge is 0.196 e. The summed E-state index contributed by atoms with van der Waals surface area (Å²) in [7, 11) is 3.01. The second-order valence-corrected chi connectivity index (χ2v) is 5.32. The highest BCUT2D eigenvalue weighted by Gasteiger charge is 2.26. The Balaban J connectivity index is 2.09. The molecular weight excluding hydrogens is 311 g/mol. The van der Waals surface area contributed by atoms with Crippen LogP contribution in [0, 0.1) is 5.82 Å². The van der Waals surface area contributed by atoms with Gasteiger partial charge < -0.3 is 14.2 Å². The molecule has 1 aliphatic heterocycles. The Morgan fingerprint density at radius 3 is 2.67 bits per heavy atom. The summed E-state index contributed by atoms with van der Waals surface area (Å²) < 4.78 is 30.1. The first-order valence-corrected chi connectivity index (χ1v) is 7.52. The summed E-state index contributed by atoms with van der Waals surface area (Å²) in [6.07, 6.45) is 1.95. The molecule has 0 fully saturated rings. The maximum atomic E-state index is 13.9. The summed E-state index contributed by atoms with van der Waals surface area (Å²) in [4.78, 5) is 12.9. The van der Waals surface area contributed by atoms with Crippen molar-refractivity contribution in [1.29, 1.82) is 0 Å². The van der Waals surface area contributed by atoms with Gasteiger partial charge in [-0.15, -0.1) is 0 Å². The number of methoxy groups -OCH3 is 2. The SMILES string of the molecule is COc1cc(OC)c2c(c1)OCC/C(=C\c1ccccc1F)C2=O. The Kier molecular flexibility index (Phi) is 4.51. The van der Waals surface area contributed by atoms with Crippen LogP contribution < -0.4 is 14.2 Å². The molecule has 0 saturated heterocycles. The van der Waals surface area contributed by atoms with Crippen molar-refractivity contribution in [3.05, 3.63) is 58.9 Å². The molecule has 0 bridgehead atoms. The highest BCUT2D eigenvalue weighted by Crippen LogP contribution is 2.38. The predicted octanol–water partition coefficient (Wildman–Crippen LogP) is 3.89. The number of carbonyl (C=O) groups excluding carboxylic acids is 1. The number of ketones is 1. The number of fused-ring (bicyclic) bond motifs is 1. The largest absolute Gasteiger partial charge is 0.496 e. The van der Waals surface area contributed by atoms with Crippen LogP contribution in [0.5, 0.6) is 17.2 Å². The third-order valence-corrected chi connectivity index (χ3v) is 3.88. The van der Waals surface area contributed by atoms with Crippen LogP contribution in [0.15, 0.2) is 42.0 Å². The normalized spacial score (nSPS) is 15.5. The van der Waals surface area contributed by atoms with Crippen LogP contribution in [0.3, 0.4) is 0 Å². The van der Waals surface area contributed by atoms with Gasteiger partial charge in [0.25, 0.3) is 0 Å². The summed E-state index contributed by atoms with van der Waals surface area (Å²) in [5, 5.41) is 0. The van der Waals surface area contributed by atoms with E-state index < -0.39 is 0 Å². The van der Waals surface area contributed by atoms with Gasteiger partial charge in [0.1, 0.15) is 28.6 Å². The first-order chi connectivity index (χ1) is 11.6. The van der Waals surface area contributed by atoms with E-state index in [0.717, 1.165) is 0 Å². The molecule has 0 N–H and O–H groups in total. The van der Waals surface area contributed by atoms with Crippen molar-refractivity contribution < 1.29 is 23.4 Å². The average Bonchev–Trinajstić information content (AvgIpc) is 2.75. The molecule has 4 nitrogen and oxygen atoms in total. The molecular formula is C19H17FO4. The molecule has 5 heteroatoms. The Morgan fingerprint density at radius 2 is 1.96 bits per heavy atom. The minimum absolute atomic E-state index is 0.231. The number of rotatable bonds is 3. The molecule has 124 valence electrons. The molecule has 3 rings (SSSR count).